The molecular formula is C20H17BrN2O5S. The third-order valence-corrected chi connectivity index (χ3v) is 5.59. The standard InChI is InChI=1S/C20H17BrN2O5S/c1-11-3-5-13(6-4-11)22-17(24)10-23-19(26)16(29-20(23)27)9-12-7-14(21)18(25)15(8-12)28-2/h3-9,25H,10H2,1-2H3,(H,22,24)/b16-9+. The molecule has 150 valence electrons. The van der Waals surface area contributed by atoms with Crippen LogP contribution in [0.1, 0.15) is 11.1 Å². The quantitative estimate of drug-likeness (QED) is 0.629. The van der Waals surface area contributed by atoms with Gasteiger partial charge in [0.1, 0.15) is 6.54 Å². The first-order chi connectivity index (χ1) is 13.8. The van der Waals surface area contributed by atoms with E-state index >= 15 is 0 Å². The third-order valence-electron chi connectivity index (χ3n) is 4.08. The lowest BCUT2D eigenvalue weighted by atomic mass is 10.2. The number of phenolic OH excluding ortho intramolecular Hbond substituents is 1. The molecule has 29 heavy (non-hydrogen) atoms. The van der Waals surface area contributed by atoms with Gasteiger partial charge in [-0.2, -0.15) is 0 Å². The first-order valence-corrected chi connectivity index (χ1v) is 10.1. The zero-order chi connectivity index (χ0) is 21.1. The molecule has 1 aliphatic heterocycles. The molecule has 1 aliphatic rings. The molecule has 0 aromatic heterocycles. The largest absolute Gasteiger partial charge is 0.503 e. The molecule has 0 bridgehead atoms. The lowest BCUT2D eigenvalue weighted by Crippen LogP contribution is -2.36. The molecule has 0 spiro atoms. The van der Waals surface area contributed by atoms with E-state index in [1.165, 1.54) is 19.3 Å². The van der Waals surface area contributed by atoms with E-state index in [4.69, 9.17) is 4.74 Å². The first-order valence-electron chi connectivity index (χ1n) is 8.47. The fourth-order valence-corrected chi connectivity index (χ4v) is 3.90. The number of imide groups is 1. The van der Waals surface area contributed by atoms with Gasteiger partial charge in [0, 0.05) is 5.69 Å². The molecule has 1 heterocycles. The molecule has 9 heteroatoms. The van der Waals surface area contributed by atoms with Crippen LogP contribution in [-0.4, -0.2) is 40.7 Å². The zero-order valence-corrected chi connectivity index (χ0v) is 18.0. The van der Waals surface area contributed by atoms with Gasteiger partial charge in [0.25, 0.3) is 11.1 Å². The molecule has 3 rings (SSSR count). The van der Waals surface area contributed by atoms with Crippen molar-refractivity contribution in [3.8, 4) is 11.5 Å². The second-order valence-corrected chi connectivity index (χ2v) is 8.08. The molecule has 1 fully saturated rings. The Morgan fingerprint density at radius 2 is 1.97 bits per heavy atom. The Morgan fingerprint density at radius 1 is 1.28 bits per heavy atom. The molecular weight excluding hydrogens is 460 g/mol. The number of hydrogen-bond acceptors (Lipinski definition) is 6. The van der Waals surface area contributed by atoms with E-state index in [1.807, 2.05) is 19.1 Å². The molecule has 0 aliphatic carbocycles. The van der Waals surface area contributed by atoms with Crippen LogP contribution in [0.2, 0.25) is 0 Å². The molecule has 2 N–H and O–H groups in total. The highest BCUT2D eigenvalue weighted by Gasteiger charge is 2.36. The molecule has 2 aromatic rings. The van der Waals surface area contributed by atoms with Gasteiger partial charge in [0.15, 0.2) is 11.5 Å². The van der Waals surface area contributed by atoms with Crippen LogP contribution in [0.15, 0.2) is 45.8 Å². The van der Waals surface area contributed by atoms with Crippen molar-refractivity contribution in [3.63, 3.8) is 0 Å². The summed E-state index contributed by atoms with van der Waals surface area (Å²) in [6.45, 7) is 1.55. The van der Waals surface area contributed by atoms with Crippen molar-refractivity contribution in [1.82, 2.24) is 4.90 Å². The van der Waals surface area contributed by atoms with Crippen molar-refractivity contribution in [2.75, 3.05) is 19.0 Å². The van der Waals surface area contributed by atoms with E-state index in [-0.39, 0.29) is 22.9 Å². The highest BCUT2D eigenvalue weighted by Crippen LogP contribution is 2.38. The molecule has 7 nitrogen and oxygen atoms in total. The highest BCUT2D eigenvalue weighted by molar-refractivity contribution is 9.10. The number of hydrogen-bond donors (Lipinski definition) is 2. The predicted molar refractivity (Wildman–Crippen MR) is 115 cm³/mol. The molecule has 0 unspecified atom stereocenters. The minimum atomic E-state index is -0.553. The summed E-state index contributed by atoms with van der Waals surface area (Å²) >= 11 is 3.96. The minimum Gasteiger partial charge on any atom is -0.503 e. The fourth-order valence-electron chi connectivity index (χ4n) is 2.60. The second-order valence-electron chi connectivity index (χ2n) is 6.24. The van der Waals surface area contributed by atoms with Crippen LogP contribution in [-0.2, 0) is 9.59 Å². The summed E-state index contributed by atoms with van der Waals surface area (Å²) < 4.78 is 5.47. The Morgan fingerprint density at radius 3 is 2.62 bits per heavy atom. The number of anilines is 1. The van der Waals surface area contributed by atoms with Crippen molar-refractivity contribution in [2.45, 2.75) is 6.92 Å². The van der Waals surface area contributed by atoms with E-state index in [2.05, 4.69) is 21.2 Å². The number of aryl methyl sites for hydroxylation is 1. The average Bonchev–Trinajstić information content (AvgIpc) is 2.93. The van der Waals surface area contributed by atoms with Gasteiger partial charge in [0.05, 0.1) is 16.5 Å². The normalized spacial score (nSPS) is 15.1. The maximum Gasteiger partial charge on any atom is 0.294 e. The van der Waals surface area contributed by atoms with E-state index in [9.17, 15) is 19.5 Å². The number of phenols is 1. The fraction of sp³-hybridized carbons (Fsp3) is 0.150. The number of amides is 3. The summed E-state index contributed by atoms with van der Waals surface area (Å²) in [5, 5.41) is 12.0. The van der Waals surface area contributed by atoms with Crippen LogP contribution >= 0.6 is 27.7 Å². The average molecular weight is 477 g/mol. The molecule has 3 amide bonds. The number of nitrogens with zero attached hydrogens (tertiary/aromatic N) is 1. The minimum absolute atomic E-state index is 0.0643. The Hall–Kier alpha value is -2.78. The summed E-state index contributed by atoms with van der Waals surface area (Å²) in [6, 6.07) is 10.3. The van der Waals surface area contributed by atoms with Crippen LogP contribution in [0.3, 0.4) is 0 Å². The smallest absolute Gasteiger partial charge is 0.294 e. The molecule has 0 saturated carbocycles. The Kier molecular flexibility index (Phi) is 6.29. The van der Waals surface area contributed by atoms with Gasteiger partial charge in [-0.15, -0.1) is 0 Å². The first kappa shape index (κ1) is 20.9. The van der Waals surface area contributed by atoms with Crippen molar-refractivity contribution < 1.29 is 24.2 Å². The monoisotopic (exact) mass is 476 g/mol. The van der Waals surface area contributed by atoms with Crippen molar-refractivity contribution >= 4 is 56.5 Å². The van der Waals surface area contributed by atoms with E-state index in [1.54, 1.807) is 18.2 Å². The Balaban J connectivity index is 1.74. The van der Waals surface area contributed by atoms with Crippen LogP contribution in [0.4, 0.5) is 10.5 Å². The predicted octanol–water partition coefficient (Wildman–Crippen LogP) is 4.15. The van der Waals surface area contributed by atoms with Gasteiger partial charge >= 0.3 is 0 Å². The van der Waals surface area contributed by atoms with Gasteiger partial charge in [-0.05, 0) is 70.5 Å². The summed E-state index contributed by atoms with van der Waals surface area (Å²) in [4.78, 5) is 38.2. The number of benzene rings is 2. The number of rotatable bonds is 5. The highest BCUT2D eigenvalue weighted by atomic mass is 79.9. The maximum atomic E-state index is 12.6. The molecule has 0 atom stereocenters. The number of methoxy groups -OCH3 is 1. The van der Waals surface area contributed by atoms with Gasteiger partial charge in [-0.25, -0.2) is 0 Å². The lowest BCUT2D eigenvalue weighted by molar-refractivity contribution is -0.127. The number of carbonyl (C=O) groups excluding carboxylic acids is 3. The zero-order valence-electron chi connectivity index (χ0n) is 15.6. The number of carbonyl (C=O) groups is 3. The summed E-state index contributed by atoms with van der Waals surface area (Å²) in [5.74, 6) is -0.860. The lowest BCUT2D eigenvalue weighted by Gasteiger charge is -2.12. The number of thioether (sulfide) groups is 1. The number of halogens is 1. The SMILES string of the molecule is COc1cc(/C=C2/SC(=O)N(CC(=O)Nc3ccc(C)cc3)C2=O)cc(Br)c1O. The van der Waals surface area contributed by atoms with Gasteiger partial charge in [-0.1, -0.05) is 17.7 Å². The Labute approximate surface area is 179 Å². The van der Waals surface area contributed by atoms with E-state index in [0.717, 1.165) is 22.2 Å². The van der Waals surface area contributed by atoms with Crippen LogP contribution in [0, 0.1) is 6.92 Å². The van der Waals surface area contributed by atoms with Crippen molar-refractivity contribution in [3.05, 3.63) is 56.9 Å². The van der Waals surface area contributed by atoms with Crippen molar-refractivity contribution in [2.24, 2.45) is 0 Å². The van der Waals surface area contributed by atoms with Crippen LogP contribution < -0.4 is 10.1 Å². The van der Waals surface area contributed by atoms with Crippen LogP contribution in [0.5, 0.6) is 11.5 Å². The number of ether oxygens (including phenoxy) is 1. The van der Waals surface area contributed by atoms with Crippen molar-refractivity contribution in [1.29, 1.82) is 0 Å². The van der Waals surface area contributed by atoms with Crippen LogP contribution in [0.25, 0.3) is 6.08 Å². The van der Waals surface area contributed by atoms with E-state index < -0.39 is 17.1 Å². The second kappa shape index (κ2) is 8.71. The number of aromatic hydroxyl groups is 1. The molecule has 0 radical (unpaired) electrons. The Bertz CT molecular complexity index is 1020. The summed E-state index contributed by atoms with van der Waals surface area (Å²) in [7, 11) is 1.41. The summed E-state index contributed by atoms with van der Waals surface area (Å²) in [6.07, 6.45) is 1.51. The van der Waals surface area contributed by atoms with Gasteiger partial charge in [0.2, 0.25) is 5.91 Å². The molecule has 2 aromatic carbocycles. The molecule has 1 saturated heterocycles. The van der Waals surface area contributed by atoms with Gasteiger partial charge in [-0.3, -0.25) is 19.3 Å². The number of nitrogens with one attached hydrogen (secondary N) is 1. The topological polar surface area (TPSA) is 95.9 Å². The third kappa shape index (κ3) is 4.80. The van der Waals surface area contributed by atoms with E-state index in [0.29, 0.717) is 15.7 Å². The maximum absolute atomic E-state index is 12.6. The summed E-state index contributed by atoms with van der Waals surface area (Å²) in [5.41, 5.74) is 2.20. The van der Waals surface area contributed by atoms with Gasteiger partial charge < -0.3 is 15.2 Å².